The molecular weight excluding hydrogens is 739 g/mol. The van der Waals surface area contributed by atoms with Crippen LogP contribution in [0.4, 0.5) is 0 Å². The molecule has 1 N–H and O–H groups in total. The summed E-state index contributed by atoms with van der Waals surface area (Å²) in [7, 11) is -1.02. The lowest BCUT2D eigenvalue weighted by molar-refractivity contribution is -0.232. The summed E-state index contributed by atoms with van der Waals surface area (Å²) in [5.41, 5.74) is -1.39. The van der Waals surface area contributed by atoms with E-state index in [-0.39, 0.29) is 43.9 Å². The normalized spacial score (nSPS) is 21.7. The average molecular weight is 789 g/mol. The number of nitrogens with one attached hydrogen (secondary N) is 1. The Morgan fingerprint density at radius 1 is 0.946 bits per heavy atom. The van der Waals surface area contributed by atoms with Gasteiger partial charge < -0.3 is 23.7 Å². The fourth-order valence-corrected chi connectivity index (χ4v) is 10.0. The Labute approximate surface area is 326 Å². The minimum atomic E-state index is -4.22. The quantitative estimate of drug-likeness (QED) is 0.0747. The first-order valence-corrected chi connectivity index (χ1v) is 20.0. The maximum Gasteiger partial charge on any atom is 0.409 e. The molecule has 1 unspecified atom stereocenters. The summed E-state index contributed by atoms with van der Waals surface area (Å²) >= 11 is 0. The minimum absolute atomic E-state index is 0.0225. The van der Waals surface area contributed by atoms with Gasteiger partial charge in [0.05, 0.1) is 46.5 Å². The Balaban J connectivity index is 1.51. The highest BCUT2D eigenvalue weighted by Gasteiger charge is 2.69. The van der Waals surface area contributed by atoms with E-state index < -0.39 is 48.6 Å². The summed E-state index contributed by atoms with van der Waals surface area (Å²) in [6.07, 6.45) is -1.74. The fourth-order valence-electron chi connectivity index (χ4n) is 7.60. The van der Waals surface area contributed by atoms with Crippen molar-refractivity contribution in [3.63, 3.8) is 0 Å². The number of aryl methyl sites for hydroxylation is 1. The second-order valence-electron chi connectivity index (χ2n) is 14.4. The van der Waals surface area contributed by atoms with E-state index >= 15 is 4.57 Å². The number of methoxy groups -OCH3 is 2. The van der Waals surface area contributed by atoms with Crippen molar-refractivity contribution in [2.24, 2.45) is 0 Å². The van der Waals surface area contributed by atoms with Crippen LogP contribution in [0.1, 0.15) is 62.6 Å². The first-order valence-electron chi connectivity index (χ1n) is 18.5. The molecule has 56 heavy (non-hydrogen) atoms. The smallest absolute Gasteiger partial charge is 0.409 e. The third kappa shape index (κ3) is 7.61. The Kier molecular flexibility index (Phi) is 12.4. The highest BCUT2D eigenvalue weighted by Crippen LogP contribution is 2.63. The van der Waals surface area contributed by atoms with Crippen molar-refractivity contribution >= 4 is 7.75 Å². The molecule has 4 aromatic rings. The molecule has 3 heterocycles. The van der Waals surface area contributed by atoms with Crippen LogP contribution in [0.2, 0.25) is 0 Å². The minimum Gasteiger partial charge on any atom is -0.497 e. The molecule has 0 bridgehead atoms. The van der Waals surface area contributed by atoms with Crippen LogP contribution < -0.4 is 20.7 Å². The highest BCUT2D eigenvalue weighted by molar-refractivity contribution is 7.51. The van der Waals surface area contributed by atoms with Gasteiger partial charge in [-0.25, -0.2) is 14.0 Å². The van der Waals surface area contributed by atoms with E-state index in [9.17, 15) is 14.9 Å². The van der Waals surface area contributed by atoms with Gasteiger partial charge in [-0.15, -0.1) is 0 Å². The molecule has 2 saturated heterocycles. The molecular formula is C41H49N4O10P. The molecule has 6 rings (SSSR count). The van der Waals surface area contributed by atoms with E-state index in [4.69, 9.17) is 32.7 Å². The molecule has 0 spiro atoms. The Morgan fingerprint density at radius 2 is 1.52 bits per heavy atom. The van der Waals surface area contributed by atoms with Gasteiger partial charge in [0, 0.05) is 23.8 Å². The van der Waals surface area contributed by atoms with Crippen LogP contribution >= 0.6 is 7.75 Å². The van der Waals surface area contributed by atoms with E-state index in [2.05, 4.69) is 4.98 Å². The van der Waals surface area contributed by atoms with Gasteiger partial charge in [0.15, 0.2) is 11.8 Å². The number of aromatic amines is 1. The van der Waals surface area contributed by atoms with Crippen LogP contribution in [0.3, 0.4) is 0 Å². The number of rotatable bonds is 17. The summed E-state index contributed by atoms with van der Waals surface area (Å²) in [6.45, 7) is 8.70. The molecule has 3 aromatic carbocycles. The van der Waals surface area contributed by atoms with Crippen molar-refractivity contribution < 1.29 is 37.3 Å². The maximum atomic E-state index is 15.2. The van der Waals surface area contributed by atoms with Crippen molar-refractivity contribution in [2.75, 3.05) is 34.0 Å². The number of nitrogens with zero attached hydrogens (tertiary/aromatic N) is 3. The Morgan fingerprint density at radius 3 is 2.02 bits per heavy atom. The van der Waals surface area contributed by atoms with Crippen LogP contribution in [0.15, 0.2) is 94.6 Å². The van der Waals surface area contributed by atoms with Crippen LogP contribution in [0.5, 0.6) is 11.5 Å². The number of fused-ring (bicyclic) bond motifs is 1. The molecule has 0 aliphatic carbocycles. The van der Waals surface area contributed by atoms with Crippen LogP contribution in [0.25, 0.3) is 0 Å². The second-order valence-corrected chi connectivity index (χ2v) is 16.2. The van der Waals surface area contributed by atoms with E-state index in [0.717, 1.165) is 16.7 Å². The number of aromatic nitrogens is 2. The van der Waals surface area contributed by atoms with Crippen LogP contribution in [-0.2, 0) is 33.4 Å². The van der Waals surface area contributed by atoms with Gasteiger partial charge in [0.25, 0.3) is 5.56 Å². The topological polar surface area (TPSA) is 164 Å². The zero-order valence-corrected chi connectivity index (χ0v) is 33.6. The first kappa shape index (κ1) is 41.1. The van der Waals surface area contributed by atoms with Gasteiger partial charge >= 0.3 is 13.4 Å². The van der Waals surface area contributed by atoms with Gasteiger partial charge in [0.1, 0.15) is 29.3 Å². The van der Waals surface area contributed by atoms with Gasteiger partial charge in [-0.05, 0) is 75.6 Å². The molecule has 2 aliphatic rings. The van der Waals surface area contributed by atoms with Gasteiger partial charge in [-0.3, -0.25) is 23.4 Å². The Bertz CT molecular complexity index is 2110. The zero-order valence-electron chi connectivity index (χ0n) is 32.7. The maximum absolute atomic E-state index is 15.2. The van der Waals surface area contributed by atoms with Crippen molar-refractivity contribution in [1.82, 2.24) is 14.2 Å². The molecule has 0 saturated carbocycles. The molecule has 2 aliphatic heterocycles. The highest BCUT2D eigenvalue weighted by atomic mass is 31.2. The SMILES string of the molecule is COc1ccc(C(OC[C@H]2O[C@@H](n3cc(C)c(=O)[nH]c3=O)[C@H]3OC[C@]32OP(=O)(OCCC#N)N(C(C)C)C(C)C)(c2ccccc2)c2ccc(OC)cc2)cc1. The largest absolute Gasteiger partial charge is 0.497 e. The van der Waals surface area contributed by atoms with E-state index in [1.165, 1.54) is 10.8 Å². The predicted octanol–water partition coefficient (Wildman–Crippen LogP) is 6.08. The van der Waals surface area contributed by atoms with Crippen LogP contribution in [0, 0.1) is 18.3 Å². The first-order chi connectivity index (χ1) is 26.8. The number of nitriles is 1. The summed E-state index contributed by atoms with van der Waals surface area (Å²) < 4.78 is 62.2. The third-order valence-corrected chi connectivity index (χ3v) is 12.8. The van der Waals surface area contributed by atoms with Crippen molar-refractivity contribution in [1.29, 1.82) is 5.26 Å². The number of benzene rings is 3. The monoisotopic (exact) mass is 788 g/mol. The van der Waals surface area contributed by atoms with E-state index in [1.807, 2.05) is 113 Å². The van der Waals surface area contributed by atoms with Crippen LogP contribution in [-0.4, -0.2) is 78.2 Å². The van der Waals surface area contributed by atoms with Crippen molar-refractivity contribution in [3.8, 4) is 17.6 Å². The average Bonchev–Trinajstić information content (AvgIpc) is 3.38. The van der Waals surface area contributed by atoms with Crippen molar-refractivity contribution in [3.05, 3.63) is 128 Å². The fraction of sp³-hybridized carbons (Fsp3) is 0.439. The molecule has 2 fully saturated rings. The number of hydrogen-bond donors (Lipinski definition) is 1. The third-order valence-electron chi connectivity index (χ3n) is 10.2. The lowest BCUT2D eigenvalue weighted by atomic mass is 9.79. The molecule has 5 atom stereocenters. The Hall–Kier alpha value is -4.58. The lowest BCUT2D eigenvalue weighted by Gasteiger charge is -2.49. The van der Waals surface area contributed by atoms with Gasteiger partial charge in [0.2, 0.25) is 0 Å². The standard InChI is InChI=1S/C41H49N4O10P/c1-27(2)45(28(3)4)56(48,53-23-11-22-42)55-40-26-51-36(40)38(44-24-29(5)37(46)43-39(44)47)54-35(40)25-52-41(30-12-9-8-10-13-30,31-14-18-33(49-6)19-15-31)32-16-20-34(50-7)21-17-32/h8-10,12-21,24,27-28,35-36,38H,11,23,25-26H2,1-7H3,(H,43,46,47)/t35-,36-,38-,40-,56?/m1/s1. The zero-order chi connectivity index (χ0) is 40.3. The molecule has 0 amide bonds. The summed E-state index contributed by atoms with van der Waals surface area (Å²) in [6, 6.07) is 26.3. The molecule has 14 nitrogen and oxygen atoms in total. The molecule has 298 valence electrons. The summed E-state index contributed by atoms with van der Waals surface area (Å²) in [4.78, 5) is 28.1. The van der Waals surface area contributed by atoms with E-state index in [1.54, 1.807) is 25.8 Å². The lowest BCUT2D eigenvalue weighted by Crippen LogP contribution is -2.65. The predicted molar refractivity (Wildman–Crippen MR) is 208 cm³/mol. The molecule has 15 heteroatoms. The summed E-state index contributed by atoms with van der Waals surface area (Å²) in [5.74, 6) is 1.31. The second kappa shape index (κ2) is 16.9. The summed E-state index contributed by atoms with van der Waals surface area (Å²) in [5, 5.41) is 9.36. The number of H-pyrrole nitrogens is 1. The number of ether oxygens (including phenoxy) is 5. The van der Waals surface area contributed by atoms with E-state index in [0.29, 0.717) is 11.5 Å². The molecule has 0 radical (unpaired) electrons. The molecule has 1 aromatic heterocycles. The van der Waals surface area contributed by atoms with Crippen molar-refractivity contribution in [2.45, 2.75) is 82.8 Å². The van der Waals surface area contributed by atoms with Gasteiger partial charge in [-0.2, -0.15) is 5.26 Å². The number of hydrogen-bond acceptors (Lipinski definition) is 11. The van der Waals surface area contributed by atoms with Gasteiger partial charge in [-0.1, -0.05) is 54.6 Å².